The van der Waals surface area contributed by atoms with Crippen molar-refractivity contribution in [3.63, 3.8) is 0 Å². The Morgan fingerprint density at radius 2 is 1.41 bits per heavy atom. The van der Waals surface area contributed by atoms with Crippen molar-refractivity contribution in [2.75, 3.05) is 11.9 Å². The average Bonchev–Trinajstić information content (AvgIpc) is 3.24. The molecule has 0 atom stereocenters. The van der Waals surface area contributed by atoms with Gasteiger partial charge >= 0.3 is 0 Å². The van der Waals surface area contributed by atoms with Crippen molar-refractivity contribution in [2.45, 2.75) is 90.9 Å². The van der Waals surface area contributed by atoms with Crippen LogP contribution >= 0.6 is 0 Å². The molecule has 2 aliphatic rings. The maximum atomic E-state index is 3.88. The molecule has 1 aromatic heterocycles. The van der Waals surface area contributed by atoms with E-state index < -0.39 is 0 Å². The van der Waals surface area contributed by atoms with Gasteiger partial charge in [-0.15, -0.1) is 0 Å². The number of hydrogen-bond acceptors (Lipinski definition) is 1. The van der Waals surface area contributed by atoms with Crippen LogP contribution in [-0.4, -0.2) is 11.6 Å². The van der Waals surface area contributed by atoms with Gasteiger partial charge in [-0.25, -0.2) is 0 Å². The highest BCUT2D eigenvalue weighted by molar-refractivity contribution is 5.94. The smallest absolute Gasteiger partial charge is 0.269 e. The van der Waals surface area contributed by atoms with E-state index in [2.05, 4.69) is 131 Å². The van der Waals surface area contributed by atoms with Gasteiger partial charge in [0.25, 0.3) is 6.33 Å². The lowest BCUT2D eigenvalue weighted by Crippen LogP contribution is -2.41. The molecule has 37 heavy (non-hydrogen) atoms. The van der Waals surface area contributed by atoms with Crippen molar-refractivity contribution in [3.8, 4) is 11.4 Å². The number of rotatable bonds is 3. The van der Waals surface area contributed by atoms with Crippen LogP contribution < -0.4 is 9.47 Å². The lowest BCUT2D eigenvalue weighted by atomic mass is 9.62. The molecule has 1 aliphatic carbocycles. The Bertz CT molecular complexity index is 1520. The van der Waals surface area contributed by atoms with Crippen LogP contribution in [0.15, 0.2) is 48.5 Å². The Hall–Kier alpha value is -3.07. The number of benzene rings is 3. The Morgan fingerprint density at radius 1 is 0.784 bits per heavy atom. The maximum absolute atomic E-state index is 3.88. The summed E-state index contributed by atoms with van der Waals surface area (Å²) in [6, 6.07) is 18.3. The SMILES string of the molecule is CC(C)c1cccc(C(C)C)c1-n1[c-][n+]2c3c(cccc31)N(C)c1c-2ccc2c1C(C)(C)CCC2(C)C. The summed E-state index contributed by atoms with van der Waals surface area (Å²) < 4.78 is 4.69. The van der Waals surface area contributed by atoms with Crippen molar-refractivity contribution in [2.24, 2.45) is 0 Å². The van der Waals surface area contributed by atoms with Gasteiger partial charge in [0, 0.05) is 12.7 Å². The van der Waals surface area contributed by atoms with Crippen LogP contribution in [0.4, 0.5) is 11.4 Å². The molecule has 3 aromatic carbocycles. The van der Waals surface area contributed by atoms with Crippen LogP contribution in [-0.2, 0) is 10.8 Å². The third-order valence-corrected chi connectivity index (χ3v) is 9.10. The highest BCUT2D eigenvalue weighted by Crippen LogP contribution is 2.53. The van der Waals surface area contributed by atoms with Gasteiger partial charge in [-0.1, -0.05) is 91.8 Å². The first-order chi connectivity index (χ1) is 17.4. The Kier molecular flexibility index (Phi) is 5.23. The summed E-state index contributed by atoms with van der Waals surface area (Å²) in [4.78, 5) is 2.45. The molecule has 0 spiro atoms. The zero-order valence-corrected chi connectivity index (χ0v) is 24.0. The van der Waals surface area contributed by atoms with E-state index in [0.717, 1.165) is 0 Å². The minimum absolute atomic E-state index is 0.119. The molecule has 0 fully saturated rings. The summed E-state index contributed by atoms with van der Waals surface area (Å²) in [5.41, 5.74) is 13.6. The fourth-order valence-corrected chi connectivity index (χ4v) is 6.87. The Morgan fingerprint density at radius 3 is 2.05 bits per heavy atom. The van der Waals surface area contributed by atoms with Crippen molar-refractivity contribution in [3.05, 3.63) is 77.1 Å². The standard InChI is InChI=1S/C34H41N3/c1-21(2)23-12-10-13-24(22(3)4)30(23)36-20-37-28-17-16-25-29(34(7,8)19-18-33(25,5)6)32(28)35(9)26-14-11-15-27(36)31(26)37/h10-17,21-22H,18-19H2,1-9H3. The lowest BCUT2D eigenvalue weighted by Gasteiger charge is -2.45. The molecule has 4 aromatic rings. The first-order valence-corrected chi connectivity index (χ1v) is 14.0. The van der Waals surface area contributed by atoms with Gasteiger partial charge in [0.05, 0.1) is 22.6 Å². The second-order valence-electron chi connectivity index (χ2n) is 13.2. The maximum Gasteiger partial charge on any atom is 0.269 e. The van der Waals surface area contributed by atoms with Crippen molar-refractivity contribution < 1.29 is 4.57 Å². The van der Waals surface area contributed by atoms with Crippen LogP contribution in [0.2, 0.25) is 0 Å². The molecule has 1 aliphatic heterocycles. The van der Waals surface area contributed by atoms with Gasteiger partial charge in [-0.3, -0.25) is 9.13 Å². The summed E-state index contributed by atoms with van der Waals surface area (Å²) in [6.45, 7) is 18.9. The van der Waals surface area contributed by atoms with Crippen molar-refractivity contribution in [1.29, 1.82) is 0 Å². The molecular formula is C34H41N3. The largest absolute Gasteiger partial charge is 0.350 e. The predicted octanol–water partition coefficient (Wildman–Crippen LogP) is 8.38. The molecule has 0 saturated carbocycles. The quantitative estimate of drug-likeness (QED) is 0.207. The summed E-state index contributed by atoms with van der Waals surface area (Å²) >= 11 is 0. The van der Waals surface area contributed by atoms with E-state index in [1.807, 2.05) is 0 Å². The molecule has 0 bridgehead atoms. The number of imidazole rings is 1. The summed E-state index contributed by atoms with van der Waals surface area (Å²) in [5.74, 6) is 0.845. The number of para-hydroxylation sites is 2. The number of aromatic nitrogens is 2. The fourth-order valence-electron chi connectivity index (χ4n) is 6.87. The monoisotopic (exact) mass is 491 g/mol. The zero-order valence-electron chi connectivity index (χ0n) is 24.0. The molecule has 0 saturated heterocycles. The number of hydrogen-bond donors (Lipinski definition) is 0. The van der Waals surface area contributed by atoms with E-state index in [1.165, 1.54) is 68.9 Å². The second kappa shape index (κ2) is 7.96. The highest BCUT2D eigenvalue weighted by Gasteiger charge is 2.41. The van der Waals surface area contributed by atoms with Gasteiger partial charge in [-0.05, 0) is 69.9 Å². The minimum Gasteiger partial charge on any atom is -0.350 e. The van der Waals surface area contributed by atoms with Gasteiger partial charge in [0.1, 0.15) is 5.52 Å². The third kappa shape index (κ3) is 3.35. The van der Waals surface area contributed by atoms with E-state index in [-0.39, 0.29) is 10.8 Å². The molecule has 0 radical (unpaired) electrons. The van der Waals surface area contributed by atoms with Gasteiger partial charge in [-0.2, -0.15) is 0 Å². The normalized spacial score (nSPS) is 17.4. The first-order valence-electron chi connectivity index (χ1n) is 14.0. The molecule has 0 N–H and O–H groups in total. The van der Waals surface area contributed by atoms with Gasteiger partial charge in [0.2, 0.25) is 0 Å². The van der Waals surface area contributed by atoms with Crippen LogP contribution in [0.3, 0.4) is 0 Å². The van der Waals surface area contributed by atoms with Crippen molar-refractivity contribution >= 4 is 22.4 Å². The molecular weight excluding hydrogens is 450 g/mol. The molecule has 3 heteroatoms. The van der Waals surface area contributed by atoms with E-state index in [9.17, 15) is 0 Å². The fraction of sp³-hybridized carbons (Fsp3) is 0.441. The molecule has 0 unspecified atom stereocenters. The van der Waals surface area contributed by atoms with Crippen LogP contribution in [0, 0.1) is 6.33 Å². The minimum atomic E-state index is 0.119. The molecule has 2 heterocycles. The zero-order chi connectivity index (χ0) is 26.4. The van der Waals surface area contributed by atoms with E-state index in [4.69, 9.17) is 0 Å². The van der Waals surface area contributed by atoms with Crippen LogP contribution in [0.25, 0.3) is 22.4 Å². The summed E-state index contributed by atoms with van der Waals surface area (Å²) in [6.07, 6.45) is 6.29. The van der Waals surface area contributed by atoms with Gasteiger partial charge in [0.15, 0.2) is 0 Å². The van der Waals surface area contributed by atoms with Gasteiger partial charge < -0.3 is 4.90 Å². The van der Waals surface area contributed by atoms with Crippen LogP contribution in [0.1, 0.15) is 102 Å². The topological polar surface area (TPSA) is 12.0 Å². The predicted molar refractivity (Wildman–Crippen MR) is 155 cm³/mol. The third-order valence-electron chi connectivity index (χ3n) is 9.10. The van der Waals surface area contributed by atoms with E-state index in [0.29, 0.717) is 11.8 Å². The second-order valence-corrected chi connectivity index (χ2v) is 13.2. The van der Waals surface area contributed by atoms with Crippen molar-refractivity contribution in [1.82, 2.24) is 4.57 Å². The Balaban J connectivity index is 1.72. The first kappa shape index (κ1) is 24.3. The van der Waals surface area contributed by atoms with E-state index >= 15 is 0 Å². The summed E-state index contributed by atoms with van der Waals surface area (Å²) in [7, 11) is 2.26. The number of fused-ring (bicyclic) bond motifs is 4. The molecule has 3 nitrogen and oxygen atoms in total. The highest BCUT2D eigenvalue weighted by atomic mass is 15.2. The Labute approximate surface area is 222 Å². The number of anilines is 2. The number of nitrogens with zero attached hydrogens (tertiary/aromatic N) is 3. The van der Waals surface area contributed by atoms with Crippen LogP contribution in [0.5, 0.6) is 0 Å². The molecule has 0 amide bonds. The average molecular weight is 492 g/mol. The van der Waals surface area contributed by atoms with E-state index in [1.54, 1.807) is 0 Å². The molecule has 6 rings (SSSR count). The summed E-state index contributed by atoms with van der Waals surface area (Å²) in [5, 5.41) is 0. The molecule has 192 valence electrons. The lowest BCUT2D eigenvalue weighted by molar-refractivity contribution is -0.572.